The summed E-state index contributed by atoms with van der Waals surface area (Å²) in [5.74, 6) is -1.60. The summed E-state index contributed by atoms with van der Waals surface area (Å²) < 4.78 is 13.1. The van der Waals surface area contributed by atoms with Crippen LogP contribution in [-0.4, -0.2) is 89.1 Å². The Morgan fingerprint density at radius 2 is 1.17 bits per heavy atom. The van der Waals surface area contributed by atoms with Crippen LogP contribution in [0, 0.1) is 0 Å². The second-order valence-electron chi connectivity index (χ2n) is 19.2. The highest BCUT2D eigenvalue weighted by molar-refractivity contribution is 6.02. The number of amides is 2. The van der Waals surface area contributed by atoms with Gasteiger partial charge in [-0.05, 0) is 132 Å². The van der Waals surface area contributed by atoms with Crippen LogP contribution >= 0.6 is 0 Å². The maximum Gasteiger partial charge on any atom is 0.326 e. The summed E-state index contributed by atoms with van der Waals surface area (Å²) in [7, 11) is 0. The summed E-state index contributed by atoms with van der Waals surface area (Å²) >= 11 is 0. The first-order valence-corrected chi connectivity index (χ1v) is 22.6. The monoisotopic (exact) mass is 868 g/mol. The zero-order valence-corrected chi connectivity index (χ0v) is 38.5. The number of nitrogens with zero attached hydrogens (tertiary/aromatic N) is 2. The molecule has 5 N–H and O–H groups in total. The van der Waals surface area contributed by atoms with Crippen molar-refractivity contribution in [3.05, 3.63) is 92.1 Å². The molecule has 12 nitrogen and oxygen atoms in total. The van der Waals surface area contributed by atoms with E-state index in [9.17, 15) is 39.9 Å². The van der Waals surface area contributed by atoms with Gasteiger partial charge in [0.1, 0.15) is 40.2 Å². The average Bonchev–Trinajstić information content (AvgIpc) is 3.69. The van der Waals surface area contributed by atoms with Crippen LogP contribution in [-0.2, 0) is 30.7 Å². The first-order chi connectivity index (χ1) is 29.7. The highest BCUT2D eigenvalue weighted by Crippen LogP contribution is 2.48. The van der Waals surface area contributed by atoms with E-state index in [2.05, 4.69) is 65.8 Å². The number of carboxylic acids is 1. The molecular formula is C51H68N2O10. The molecule has 342 valence electrons. The summed E-state index contributed by atoms with van der Waals surface area (Å²) in [6.45, 7) is 16.5. The summed E-state index contributed by atoms with van der Waals surface area (Å²) in [6, 6.07) is 1.55. The van der Waals surface area contributed by atoms with Gasteiger partial charge in [0.15, 0.2) is 0 Å². The Labute approximate surface area is 372 Å². The minimum absolute atomic E-state index is 0.0456. The van der Waals surface area contributed by atoms with Crippen LogP contribution in [0.5, 0.6) is 23.0 Å². The highest BCUT2D eigenvalue weighted by Gasteiger charge is 2.47. The molecule has 0 aromatic heterocycles. The second kappa shape index (κ2) is 19.4. The number of allylic oxidation sites excluding steroid dienone is 8. The number of phenolic OH excluding ortho intramolecular Hbond substituents is 2. The second-order valence-corrected chi connectivity index (χ2v) is 19.2. The van der Waals surface area contributed by atoms with Crippen LogP contribution in [0.4, 0.5) is 0 Å². The number of hydrogen-bond acceptors (Lipinski definition) is 9. The normalized spacial score (nSPS) is 23.3. The van der Waals surface area contributed by atoms with Crippen molar-refractivity contribution >= 4 is 17.8 Å². The lowest BCUT2D eigenvalue weighted by Crippen LogP contribution is -2.49. The van der Waals surface area contributed by atoms with Gasteiger partial charge in [-0.15, -0.1) is 0 Å². The van der Waals surface area contributed by atoms with Gasteiger partial charge in [-0.1, -0.05) is 46.6 Å². The van der Waals surface area contributed by atoms with E-state index < -0.39 is 41.3 Å². The molecule has 4 aliphatic heterocycles. The number of fused-ring (bicyclic) bond motifs is 6. The summed E-state index contributed by atoms with van der Waals surface area (Å²) in [5.41, 5.74) is 5.57. The minimum atomic E-state index is -1.23. The van der Waals surface area contributed by atoms with Crippen molar-refractivity contribution in [2.75, 3.05) is 6.54 Å². The number of carbonyl (C=O) groups is 3. The minimum Gasteiger partial charge on any atom is -0.508 e. The molecular weight excluding hydrogens is 801 g/mol. The molecule has 63 heavy (non-hydrogen) atoms. The van der Waals surface area contributed by atoms with Gasteiger partial charge in [0.05, 0.1) is 36.4 Å². The topological polar surface area (TPSA) is 177 Å². The third-order valence-electron chi connectivity index (χ3n) is 13.5. The number of benzene rings is 2. The predicted octanol–water partition coefficient (Wildman–Crippen LogP) is 9.00. The van der Waals surface area contributed by atoms with Crippen molar-refractivity contribution in [1.29, 1.82) is 0 Å². The Hall–Kier alpha value is -5.07. The summed E-state index contributed by atoms with van der Waals surface area (Å²) in [6.07, 6.45) is 13.8. The van der Waals surface area contributed by atoms with Crippen molar-refractivity contribution in [2.24, 2.45) is 0 Å². The average molecular weight is 869 g/mol. The SMILES string of the molecule is CC(C)=CCC/C(C)=C/CC[C@@]1(C)Oc2c(c(O)cc3c2CN(CCCC(C(=O)O)N2Cc4c(cc(O)c5c4O[C@](C)(CC/C=C(\C)CCC=C(C)C)[C@@H](O)C5)C2=O)C3=O)C[C@@H]1O. The zero-order valence-electron chi connectivity index (χ0n) is 38.5. The zero-order chi connectivity index (χ0) is 46.0. The first kappa shape index (κ1) is 47.4. The molecule has 4 aliphatic rings. The molecule has 2 aromatic rings. The van der Waals surface area contributed by atoms with Gasteiger partial charge in [0.25, 0.3) is 11.8 Å². The lowest BCUT2D eigenvalue weighted by atomic mass is 9.84. The Morgan fingerprint density at radius 1 is 0.714 bits per heavy atom. The van der Waals surface area contributed by atoms with E-state index in [1.807, 2.05) is 13.8 Å². The molecule has 0 spiro atoms. The fraction of sp³-hybridized carbons (Fsp3) is 0.549. The van der Waals surface area contributed by atoms with Gasteiger partial charge in [-0.25, -0.2) is 4.79 Å². The number of hydrogen-bond donors (Lipinski definition) is 5. The maximum atomic E-state index is 13.9. The van der Waals surface area contributed by atoms with E-state index in [1.54, 1.807) is 4.90 Å². The predicted molar refractivity (Wildman–Crippen MR) is 242 cm³/mol. The van der Waals surface area contributed by atoms with Gasteiger partial charge in [0, 0.05) is 41.6 Å². The van der Waals surface area contributed by atoms with Crippen LogP contribution in [0.1, 0.15) is 163 Å². The number of carboxylic acid groups (broad SMARTS) is 1. The van der Waals surface area contributed by atoms with E-state index in [0.717, 1.165) is 25.7 Å². The molecule has 1 unspecified atom stereocenters. The van der Waals surface area contributed by atoms with Crippen molar-refractivity contribution in [2.45, 2.75) is 175 Å². The van der Waals surface area contributed by atoms with Crippen LogP contribution < -0.4 is 9.47 Å². The number of aliphatic carboxylic acids is 1. The molecule has 2 amide bonds. The van der Waals surface area contributed by atoms with Crippen molar-refractivity contribution in [3.63, 3.8) is 0 Å². The van der Waals surface area contributed by atoms with Gasteiger partial charge in [-0.3, -0.25) is 9.59 Å². The molecule has 12 heteroatoms. The molecule has 0 aliphatic carbocycles. The molecule has 0 fully saturated rings. The third-order valence-corrected chi connectivity index (χ3v) is 13.5. The molecule has 0 bridgehead atoms. The number of phenols is 2. The van der Waals surface area contributed by atoms with E-state index in [1.165, 1.54) is 39.3 Å². The van der Waals surface area contributed by atoms with E-state index in [4.69, 9.17) is 9.47 Å². The Kier molecular flexibility index (Phi) is 14.6. The van der Waals surface area contributed by atoms with Gasteiger partial charge < -0.3 is 44.8 Å². The lowest BCUT2D eigenvalue weighted by Gasteiger charge is -2.41. The molecule has 0 saturated carbocycles. The van der Waals surface area contributed by atoms with Gasteiger partial charge in [-0.2, -0.15) is 0 Å². The molecule has 0 saturated heterocycles. The van der Waals surface area contributed by atoms with Gasteiger partial charge in [0.2, 0.25) is 0 Å². The molecule has 5 atom stereocenters. The van der Waals surface area contributed by atoms with E-state index in [-0.39, 0.29) is 68.3 Å². The molecule has 0 radical (unpaired) electrons. The standard InChI is InChI=1S/C51H68N2O10/c1-30(2)14-9-16-32(5)18-11-21-50(7)43(56)26-36-41(54)24-34-38(45(36)62-50)28-52(47(34)58)23-13-20-40(49(60)61)53-29-39-35(48(53)59)25-42(55)37-27-44(57)51(8,63-46(37)39)22-12-19-33(6)17-10-15-31(3)4/h14-15,18-19,24-25,40,43-44,54-57H,9-13,16-17,20-23,26-29H2,1-8H3,(H,60,61)/b32-18+,33-19+/t40?,43-,44-,50+,51+/m0/s1. The molecule has 2 aromatic carbocycles. The fourth-order valence-corrected chi connectivity index (χ4v) is 9.40. The quantitative estimate of drug-likeness (QED) is 0.0909. The maximum absolute atomic E-state index is 13.9. The van der Waals surface area contributed by atoms with Gasteiger partial charge >= 0.3 is 5.97 Å². The summed E-state index contributed by atoms with van der Waals surface area (Å²) in [5, 5.41) is 55.0. The first-order valence-electron chi connectivity index (χ1n) is 22.6. The number of carbonyl (C=O) groups excluding carboxylic acids is 2. The highest BCUT2D eigenvalue weighted by atomic mass is 16.5. The Morgan fingerprint density at radius 3 is 1.63 bits per heavy atom. The van der Waals surface area contributed by atoms with Crippen molar-refractivity contribution < 1.29 is 49.4 Å². The van der Waals surface area contributed by atoms with Crippen LogP contribution in [0.3, 0.4) is 0 Å². The Balaban J connectivity index is 1.11. The third kappa shape index (κ3) is 10.3. The number of aliphatic hydroxyl groups is 2. The number of aromatic hydroxyl groups is 2. The molecule has 4 heterocycles. The largest absolute Gasteiger partial charge is 0.508 e. The number of rotatable bonds is 18. The lowest BCUT2D eigenvalue weighted by molar-refractivity contribution is -0.142. The van der Waals surface area contributed by atoms with Crippen LogP contribution in [0.25, 0.3) is 0 Å². The number of aliphatic hydroxyl groups excluding tert-OH is 2. The fourth-order valence-electron chi connectivity index (χ4n) is 9.40. The van der Waals surface area contributed by atoms with Crippen LogP contribution in [0.15, 0.2) is 58.7 Å². The van der Waals surface area contributed by atoms with E-state index >= 15 is 0 Å². The smallest absolute Gasteiger partial charge is 0.326 e. The van der Waals surface area contributed by atoms with Crippen LogP contribution in [0.2, 0.25) is 0 Å². The molecule has 6 rings (SSSR count). The Bertz CT molecular complexity index is 2230. The number of ether oxygens (including phenoxy) is 2. The van der Waals surface area contributed by atoms with Crippen molar-refractivity contribution in [3.8, 4) is 23.0 Å². The summed E-state index contributed by atoms with van der Waals surface area (Å²) in [4.78, 5) is 43.4. The van der Waals surface area contributed by atoms with E-state index in [0.29, 0.717) is 65.0 Å². The van der Waals surface area contributed by atoms with Crippen molar-refractivity contribution in [1.82, 2.24) is 9.80 Å².